The zero-order valence-corrected chi connectivity index (χ0v) is 42.8. The molecule has 77 heavy (non-hydrogen) atoms. The van der Waals surface area contributed by atoms with Gasteiger partial charge in [0.25, 0.3) is 0 Å². The number of fused-ring (bicyclic) bond motifs is 16. The first-order chi connectivity index (χ1) is 37.9. The lowest BCUT2D eigenvalue weighted by Gasteiger charge is -2.43. The normalized spacial score (nSPS) is 13.1. The van der Waals surface area contributed by atoms with Crippen molar-refractivity contribution in [2.75, 3.05) is 4.90 Å². The highest BCUT2D eigenvalue weighted by Crippen LogP contribution is 2.55. The molecule has 0 saturated heterocycles. The molecule has 0 aliphatic carbocycles. The summed E-state index contributed by atoms with van der Waals surface area (Å²) >= 11 is 0. The van der Waals surface area contributed by atoms with Crippen LogP contribution in [-0.2, 0) is 5.41 Å². The molecule has 0 amide bonds. The van der Waals surface area contributed by atoms with E-state index in [-0.39, 0.29) is 5.41 Å². The Morgan fingerprint density at radius 3 is 1.61 bits per heavy atom. The third-order valence-electron chi connectivity index (χ3n) is 17.0. The van der Waals surface area contributed by atoms with Gasteiger partial charge >= 0.3 is 0 Å². The van der Waals surface area contributed by atoms with Crippen molar-refractivity contribution >= 4 is 104 Å². The summed E-state index contributed by atoms with van der Waals surface area (Å²) in [4.78, 5) is 2.52. The lowest BCUT2D eigenvalue weighted by Crippen LogP contribution is -2.31. The van der Waals surface area contributed by atoms with Gasteiger partial charge in [0.05, 0.1) is 22.4 Å². The molecule has 0 radical (unpaired) electrons. The molecule has 14 aromatic carbocycles. The second-order valence-electron chi connectivity index (χ2n) is 21.6. The molecule has 2 nitrogen and oxygen atoms in total. The second-order valence-corrected chi connectivity index (χ2v) is 21.6. The summed E-state index contributed by atoms with van der Waals surface area (Å²) in [6, 6.07) is 99.8. The maximum atomic E-state index is 2.52. The Balaban J connectivity index is 0.878. The summed E-state index contributed by atoms with van der Waals surface area (Å²) in [5.41, 5.74) is 16.7. The number of aromatic nitrogens is 1. The highest BCUT2D eigenvalue weighted by molar-refractivity contribution is 6.27. The number of hydrogen-bond acceptors (Lipinski definition) is 1. The van der Waals surface area contributed by atoms with Crippen molar-refractivity contribution in [1.82, 2.24) is 4.57 Å². The van der Waals surface area contributed by atoms with Crippen molar-refractivity contribution in [2.24, 2.45) is 0 Å². The number of benzene rings is 14. The van der Waals surface area contributed by atoms with Crippen LogP contribution < -0.4 is 4.90 Å². The Labute approximate surface area is 446 Å². The molecule has 2 heterocycles. The van der Waals surface area contributed by atoms with E-state index in [4.69, 9.17) is 0 Å². The van der Waals surface area contributed by atoms with Crippen molar-refractivity contribution in [3.05, 3.63) is 278 Å². The summed E-state index contributed by atoms with van der Waals surface area (Å²) in [5.74, 6) is 0. The van der Waals surface area contributed by atoms with E-state index in [0.29, 0.717) is 0 Å². The predicted octanol–water partition coefficient (Wildman–Crippen LogP) is 20.8. The molecule has 0 atom stereocenters. The van der Waals surface area contributed by atoms with Gasteiger partial charge in [-0.2, -0.15) is 0 Å². The van der Waals surface area contributed by atoms with Crippen molar-refractivity contribution in [1.29, 1.82) is 0 Å². The summed E-state index contributed by atoms with van der Waals surface area (Å²) in [7, 11) is 0. The van der Waals surface area contributed by atoms with Crippen LogP contribution in [0.1, 0.15) is 25.0 Å². The minimum Gasteiger partial charge on any atom is -0.310 e. The summed E-state index contributed by atoms with van der Waals surface area (Å²) in [6.45, 7) is 4.81. The van der Waals surface area contributed by atoms with Crippen LogP contribution in [0.15, 0.2) is 267 Å². The van der Waals surface area contributed by atoms with Crippen LogP contribution in [0.3, 0.4) is 0 Å². The third-order valence-corrected chi connectivity index (χ3v) is 17.0. The largest absolute Gasteiger partial charge is 0.310 e. The molecule has 16 rings (SSSR count). The smallest absolute Gasteiger partial charge is 0.0547 e. The minimum absolute atomic E-state index is 0.272. The molecule has 2 heteroatoms. The fourth-order valence-electron chi connectivity index (χ4n) is 13.4. The van der Waals surface area contributed by atoms with Crippen LogP contribution >= 0.6 is 0 Å². The summed E-state index contributed by atoms with van der Waals surface area (Å²) < 4.78 is 2.50. The van der Waals surface area contributed by atoms with E-state index in [9.17, 15) is 0 Å². The maximum absolute atomic E-state index is 2.52. The van der Waals surface area contributed by atoms with Crippen molar-refractivity contribution < 1.29 is 0 Å². The SMILES string of the molecule is CC1(C)c2ccc(-c3ccc4c(c3)c3c5ccccc5ccc3n4-c3ccc4c5ccc(-c6ccc7ccccc7c6)cc5c5ccccc5c4c3)cc2N(c2cccc(-c3ccccc3)c2)c2ccc3ccccc3c21. The summed E-state index contributed by atoms with van der Waals surface area (Å²) in [5, 5.41) is 17.6. The van der Waals surface area contributed by atoms with E-state index in [2.05, 4.69) is 290 Å². The van der Waals surface area contributed by atoms with Crippen LogP contribution in [0.25, 0.3) is 126 Å². The Morgan fingerprint density at radius 1 is 0.273 bits per heavy atom. The molecule has 0 spiro atoms. The van der Waals surface area contributed by atoms with Gasteiger partial charge in [0.15, 0.2) is 0 Å². The Bertz CT molecular complexity index is 4940. The number of rotatable bonds is 5. The van der Waals surface area contributed by atoms with Crippen LogP contribution in [0.2, 0.25) is 0 Å². The van der Waals surface area contributed by atoms with E-state index >= 15 is 0 Å². The third kappa shape index (κ3) is 6.62. The molecular weight excluding hydrogens is 929 g/mol. The van der Waals surface area contributed by atoms with Gasteiger partial charge in [-0.1, -0.05) is 214 Å². The molecule has 0 fully saturated rings. The molecule has 0 N–H and O–H groups in total. The fraction of sp³-hybridized carbons (Fsp3) is 0.0400. The fourth-order valence-corrected chi connectivity index (χ4v) is 13.4. The first-order valence-electron chi connectivity index (χ1n) is 26.9. The number of anilines is 3. The highest BCUT2D eigenvalue weighted by atomic mass is 15.2. The standard InChI is InChI=1S/C75H50N2/c1-75(2)68-37-30-56(45-72(68)77(71-40-32-50-19-9-11-24-60(50)74(71)75)57-22-14-21-52(42-57)47-15-4-3-5-16-47)55-33-38-69-67(44-55)73-59-23-10-8-18-49(59)31-39-70(73)76(69)58-34-36-64-63-35-29-54(53-28-27-48-17-6-7-20-51(48)41-53)43-65(63)61-25-12-13-26-62(61)66(64)46-58/h3-46H,1-2H3. The quantitative estimate of drug-likeness (QED) is 0.156. The maximum Gasteiger partial charge on any atom is 0.0547 e. The predicted molar refractivity (Wildman–Crippen MR) is 329 cm³/mol. The van der Waals surface area contributed by atoms with Crippen LogP contribution in [-0.4, -0.2) is 4.57 Å². The average Bonchev–Trinajstić information content (AvgIpc) is 3.83. The average molecular weight is 979 g/mol. The van der Waals surface area contributed by atoms with Gasteiger partial charge in [-0.15, -0.1) is 0 Å². The van der Waals surface area contributed by atoms with Gasteiger partial charge in [-0.25, -0.2) is 0 Å². The molecule has 0 unspecified atom stereocenters. The zero-order valence-electron chi connectivity index (χ0n) is 42.8. The first-order valence-corrected chi connectivity index (χ1v) is 26.9. The van der Waals surface area contributed by atoms with Gasteiger partial charge in [-0.05, 0) is 176 Å². The van der Waals surface area contributed by atoms with Gasteiger partial charge < -0.3 is 9.47 Å². The van der Waals surface area contributed by atoms with Crippen molar-refractivity contribution in [2.45, 2.75) is 19.3 Å². The number of hydrogen-bond donors (Lipinski definition) is 0. The van der Waals surface area contributed by atoms with E-state index in [1.807, 2.05) is 0 Å². The highest BCUT2D eigenvalue weighted by Gasteiger charge is 2.38. The topological polar surface area (TPSA) is 8.17 Å². The van der Waals surface area contributed by atoms with Gasteiger partial charge in [-0.3, -0.25) is 0 Å². The van der Waals surface area contributed by atoms with E-state index in [1.165, 1.54) is 142 Å². The number of nitrogens with zero attached hydrogens (tertiary/aromatic N) is 2. The van der Waals surface area contributed by atoms with Gasteiger partial charge in [0, 0.05) is 27.6 Å². The van der Waals surface area contributed by atoms with Crippen LogP contribution in [0, 0.1) is 0 Å². The zero-order chi connectivity index (χ0) is 50.9. The van der Waals surface area contributed by atoms with E-state index < -0.39 is 0 Å². The minimum atomic E-state index is -0.272. The monoisotopic (exact) mass is 978 g/mol. The van der Waals surface area contributed by atoms with Crippen molar-refractivity contribution in [3.8, 4) is 39.1 Å². The molecule has 1 aliphatic heterocycles. The molecule has 0 saturated carbocycles. The molecule has 360 valence electrons. The van der Waals surface area contributed by atoms with Crippen LogP contribution in [0.4, 0.5) is 17.1 Å². The molecule has 15 aromatic rings. The lowest BCUT2D eigenvalue weighted by molar-refractivity contribution is 0.638. The van der Waals surface area contributed by atoms with Crippen molar-refractivity contribution in [3.63, 3.8) is 0 Å². The first kappa shape index (κ1) is 43.6. The lowest BCUT2D eigenvalue weighted by atomic mass is 9.71. The van der Waals surface area contributed by atoms with E-state index in [1.54, 1.807) is 0 Å². The molecule has 1 aliphatic rings. The van der Waals surface area contributed by atoms with E-state index in [0.717, 1.165) is 11.4 Å². The van der Waals surface area contributed by atoms with Gasteiger partial charge in [0.1, 0.15) is 0 Å². The van der Waals surface area contributed by atoms with Gasteiger partial charge in [0.2, 0.25) is 0 Å². The molecule has 0 bridgehead atoms. The molecule has 1 aromatic heterocycles. The second kappa shape index (κ2) is 16.6. The Morgan fingerprint density at radius 2 is 0.805 bits per heavy atom. The molecular formula is C75H50N2. The Hall–Kier alpha value is -9.76. The Kier molecular flexibility index (Phi) is 9.42. The van der Waals surface area contributed by atoms with Crippen LogP contribution in [0.5, 0.6) is 0 Å². The summed E-state index contributed by atoms with van der Waals surface area (Å²) in [6.07, 6.45) is 0.